The number of aromatic nitrogens is 2. The topological polar surface area (TPSA) is 46.9 Å². The average molecular weight is 343 g/mol. The zero-order valence-corrected chi connectivity index (χ0v) is 14.3. The minimum atomic E-state index is -0.374. The summed E-state index contributed by atoms with van der Waals surface area (Å²) >= 11 is 1.40. The van der Waals surface area contributed by atoms with Crippen LogP contribution < -0.4 is 5.32 Å². The van der Waals surface area contributed by atoms with E-state index in [0.29, 0.717) is 5.69 Å². The monoisotopic (exact) mass is 343 g/mol. The lowest BCUT2D eigenvalue weighted by molar-refractivity contribution is -0.115. The molecule has 6 heteroatoms. The third-order valence-corrected chi connectivity index (χ3v) is 4.77. The number of halogens is 1. The summed E-state index contributed by atoms with van der Waals surface area (Å²) in [5.74, 6) is -0.554. The van der Waals surface area contributed by atoms with E-state index in [1.165, 1.54) is 23.9 Å². The second-order valence-corrected chi connectivity index (χ2v) is 6.69. The lowest BCUT2D eigenvalue weighted by Gasteiger charge is -2.12. The third kappa shape index (κ3) is 3.43. The number of anilines is 1. The minimum Gasteiger partial charge on any atom is -0.325 e. The largest absolute Gasteiger partial charge is 0.325 e. The van der Waals surface area contributed by atoms with Crippen LogP contribution in [0.1, 0.15) is 13.8 Å². The van der Waals surface area contributed by atoms with E-state index in [-0.39, 0.29) is 17.0 Å². The molecule has 1 heterocycles. The molecule has 1 aromatic heterocycles. The fourth-order valence-corrected chi connectivity index (χ4v) is 3.46. The Labute approximate surface area is 144 Å². The molecule has 1 amide bonds. The van der Waals surface area contributed by atoms with Crippen molar-refractivity contribution in [2.75, 3.05) is 5.32 Å². The molecule has 0 radical (unpaired) electrons. The van der Waals surface area contributed by atoms with Crippen molar-refractivity contribution >= 4 is 34.4 Å². The van der Waals surface area contributed by atoms with Crippen molar-refractivity contribution in [3.63, 3.8) is 0 Å². The first-order chi connectivity index (χ1) is 11.6. The van der Waals surface area contributed by atoms with Crippen LogP contribution in [0.4, 0.5) is 10.1 Å². The van der Waals surface area contributed by atoms with E-state index in [1.807, 2.05) is 31.2 Å². The molecular formula is C18H18FN3OS. The summed E-state index contributed by atoms with van der Waals surface area (Å²) in [6.45, 7) is 4.65. The predicted molar refractivity (Wildman–Crippen MR) is 95.8 cm³/mol. The van der Waals surface area contributed by atoms with E-state index in [0.717, 1.165) is 22.7 Å². The van der Waals surface area contributed by atoms with E-state index in [2.05, 4.69) is 21.8 Å². The van der Waals surface area contributed by atoms with Gasteiger partial charge < -0.3 is 9.88 Å². The number of thioether (sulfide) groups is 1. The molecule has 2 aromatic carbocycles. The Morgan fingerprint density at radius 3 is 2.83 bits per heavy atom. The number of imidazole rings is 1. The summed E-state index contributed by atoms with van der Waals surface area (Å²) < 4.78 is 15.3. The SMILES string of the molecule is CCn1c(SC(C)C(=O)Nc2cccc(F)c2)nc2ccccc21. The summed E-state index contributed by atoms with van der Waals surface area (Å²) in [4.78, 5) is 17.0. The molecule has 0 aliphatic carbocycles. The summed E-state index contributed by atoms with van der Waals surface area (Å²) in [7, 11) is 0. The number of nitrogens with zero attached hydrogens (tertiary/aromatic N) is 2. The first-order valence-corrected chi connectivity index (χ1v) is 8.65. The first kappa shape index (κ1) is 16.5. The molecule has 1 atom stereocenters. The molecule has 0 saturated heterocycles. The highest BCUT2D eigenvalue weighted by Gasteiger charge is 2.19. The quantitative estimate of drug-likeness (QED) is 0.702. The van der Waals surface area contributed by atoms with Crippen molar-refractivity contribution in [3.05, 3.63) is 54.3 Å². The van der Waals surface area contributed by atoms with E-state index in [4.69, 9.17) is 0 Å². The van der Waals surface area contributed by atoms with Gasteiger partial charge in [-0.3, -0.25) is 4.79 Å². The van der Waals surface area contributed by atoms with Crippen LogP contribution in [0.3, 0.4) is 0 Å². The lowest BCUT2D eigenvalue weighted by Crippen LogP contribution is -2.23. The number of amides is 1. The van der Waals surface area contributed by atoms with Gasteiger partial charge in [0.05, 0.1) is 16.3 Å². The van der Waals surface area contributed by atoms with Crippen LogP contribution in [0, 0.1) is 5.82 Å². The van der Waals surface area contributed by atoms with Gasteiger partial charge in [-0.2, -0.15) is 0 Å². The van der Waals surface area contributed by atoms with Gasteiger partial charge in [0.1, 0.15) is 5.82 Å². The zero-order valence-electron chi connectivity index (χ0n) is 13.5. The van der Waals surface area contributed by atoms with E-state index in [1.54, 1.807) is 12.1 Å². The van der Waals surface area contributed by atoms with E-state index < -0.39 is 0 Å². The number of rotatable bonds is 5. The molecule has 0 spiro atoms. The number of nitrogens with one attached hydrogen (secondary N) is 1. The molecule has 1 N–H and O–H groups in total. The molecule has 0 aliphatic heterocycles. The lowest BCUT2D eigenvalue weighted by atomic mass is 10.3. The van der Waals surface area contributed by atoms with Gasteiger partial charge in [0.15, 0.2) is 5.16 Å². The molecule has 3 rings (SSSR count). The highest BCUT2D eigenvalue weighted by atomic mass is 32.2. The van der Waals surface area contributed by atoms with E-state index in [9.17, 15) is 9.18 Å². The number of fused-ring (bicyclic) bond motifs is 1. The Morgan fingerprint density at radius 1 is 1.29 bits per heavy atom. The summed E-state index contributed by atoms with van der Waals surface area (Å²) in [5.41, 5.74) is 2.43. The van der Waals surface area contributed by atoms with Crippen molar-refractivity contribution < 1.29 is 9.18 Å². The van der Waals surface area contributed by atoms with Crippen LogP contribution in [0.2, 0.25) is 0 Å². The molecular weight excluding hydrogens is 325 g/mol. The molecule has 1 unspecified atom stereocenters. The van der Waals surface area contributed by atoms with Gasteiger partial charge in [0.2, 0.25) is 5.91 Å². The normalized spacial score (nSPS) is 12.3. The molecule has 4 nitrogen and oxygen atoms in total. The molecule has 124 valence electrons. The smallest absolute Gasteiger partial charge is 0.237 e. The third-order valence-electron chi connectivity index (χ3n) is 3.68. The fraction of sp³-hybridized carbons (Fsp3) is 0.222. The Bertz CT molecular complexity index is 878. The molecule has 24 heavy (non-hydrogen) atoms. The number of hydrogen-bond donors (Lipinski definition) is 1. The maximum atomic E-state index is 13.2. The molecule has 0 bridgehead atoms. The summed E-state index contributed by atoms with van der Waals surface area (Å²) in [6.07, 6.45) is 0. The van der Waals surface area contributed by atoms with Crippen LogP contribution in [0.25, 0.3) is 11.0 Å². The van der Waals surface area contributed by atoms with Gasteiger partial charge >= 0.3 is 0 Å². The van der Waals surface area contributed by atoms with E-state index >= 15 is 0 Å². The highest BCUT2D eigenvalue weighted by Crippen LogP contribution is 2.27. The van der Waals surface area contributed by atoms with Crippen LogP contribution in [-0.2, 0) is 11.3 Å². The summed E-state index contributed by atoms with van der Waals surface area (Å²) in [5, 5.41) is 3.19. The van der Waals surface area contributed by atoms with Gasteiger partial charge in [-0.1, -0.05) is 30.0 Å². The van der Waals surface area contributed by atoms with Crippen LogP contribution >= 0.6 is 11.8 Å². The molecule has 0 fully saturated rings. The van der Waals surface area contributed by atoms with Crippen molar-refractivity contribution in [1.82, 2.24) is 9.55 Å². The Kier molecular flexibility index (Phi) is 4.85. The van der Waals surface area contributed by atoms with Gasteiger partial charge in [0, 0.05) is 12.2 Å². The standard InChI is InChI=1S/C18H18FN3OS/c1-3-22-16-10-5-4-9-15(16)21-18(22)24-12(2)17(23)20-14-8-6-7-13(19)11-14/h4-12H,3H2,1-2H3,(H,20,23). The summed E-state index contributed by atoms with van der Waals surface area (Å²) in [6, 6.07) is 13.8. The second-order valence-electron chi connectivity index (χ2n) is 5.39. The van der Waals surface area contributed by atoms with Crippen LogP contribution in [-0.4, -0.2) is 20.7 Å². The van der Waals surface area contributed by atoms with Crippen molar-refractivity contribution in [2.24, 2.45) is 0 Å². The number of carbonyl (C=O) groups is 1. The number of para-hydroxylation sites is 2. The average Bonchev–Trinajstić information content (AvgIpc) is 2.91. The Morgan fingerprint density at radius 2 is 2.08 bits per heavy atom. The number of carbonyl (C=O) groups excluding carboxylic acids is 1. The minimum absolute atomic E-state index is 0.180. The van der Waals surface area contributed by atoms with Gasteiger partial charge in [-0.25, -0.2) is 9.37 Å². The van der Waals surface area contributed by atoms with Gasteiger partial charge in [-0.05, 0) is 44.2 Å². The van der Waals surface area contributed by atoms with Gasteiger partial charge in [0.25, 0.3) is 0 Å². The molecule has 0 saturated carbocycles. The first-order valence-electron chi connectivity index (χ1n) is 7.77. The number of benzene rings is 2. The highest BCUT2D eigenvalue weighted by molar-refractivity contribution is 8.00. The zero-order chi connectivity index (χ0) is 17.1. The molecule has 3 aromatic rings. The Balaban J connectivity index is 1.76. The second kappa shape index (κ2) is 7.05. The number of aryl methyl sites for hydroxylation is 1. The fourth-order valence-electron chi connectivity index (χ4n) is 2.47. The maximum Gasteiger partial charge on any atom is 0.237 e. The van der Waals surface area contributed by atoms with Crippen LogP contribution in [0.15, 0.2) is 53.7 Å². The van der Waals surface area contributed by atoms with Crippen molar-refractivity contribution in [1.29, 1.82) is 0 Å². The maximum absolute atomic E-state index is 13.2. The van der Waals surface area contributed by atoms with Crippen molar-refractivity contribution in [3.8, 4) is 0 Å². The Hall–Kier alpha value is -2.34. The van der Waals surface area contributed by atoms with Crippen molar-refractivity contribution in [2.45, 2.75) is 30.8 Å². The predicted octanol–water partition coefficient (Wildman–Crippen LogP) is 4.31. The number of hydrogen-bond acceptors (Lipinski definition) is 3. The molecule has 0 aliphatic rings. The van der Waals surface area contributed by atoms with Gasteiger partial charge in [-0.15, -0.1) is 0 Å². The van der Waals surface area contributed by atoms with Crippen LogP contribution in [0.5, 0.6) is 0 Å².